The van der Waals surface area contributed by atoms with Crippen LogP contribution in [0.15, 0.2) is 35.2 Å². The summed E-state index contributed by atoms with van der Waals surface area (Å²) in [6.07, 6.45) is 1.17. The summed E-state index contributed by atoms with van der Waals surface area (Å²) in [4.78, 5) is 13.6. The van der Waals surface area contributed by atoms with Gasteiger partial charge in [-0.2, -0.15) is 5.26 Å². The van der Waals surface area contributed by atoms with Gasteiger partial charge in [-0.3, -0.25) is 10.3 Å². The minimum absolute atomic E-state index is 0.113. The van der Waals surface area contributed by atoms with Crippen molar-refractivity contribution in [1.82, 2.24) is 10.2 Å². The Morgan fingerprint density at radius 1 is 1.43 bits per heavy atom. The molecule has 7 heteroatoms. The molecule has 1 aliphatic heterocycles. The lowest BCUT2D eigenvalue weighted by Gasteiger charge is -2.26. The van der Waals surface area contributed by atoms with Gasteiger partial charge in [0.25, 0.3) is 0 Å². The highest BCUT2D eigenvalue weighted by atomic mass is 19.2. The van der Waals surface area contributed by atoms with E-state index in [0.717, 1.165) is 12.1 Å². The number of nitrogens with zero attached hydrogens (tertiary/aromatic N) is 2. The zero-order valence-electron chi connectivity index (χ0n) is 12.0. The number of hydrogen-bond acceptors (Lipinski definition) is 3. The van der Waals surface area contributed by atoms with Crippen molar-refractivity contribution in [3.8, 4) is 6.07 Å². The summed E-state index contributed by atoms with van der Waals surface area (Å²) < 4.78 is 26.5. The quantitative estimate of drug-likeness (QED) is 0.822. The van der Waals surface area contributed by atoms with Gasteiger partial charge in [0.2, 0.25) is 0 Å². The van der Waals surface area contributed by atoms with E-state index < -0.39 is 23.7 Å². The number of carbonyl (C=O) groups excluding carboxylic acids is 1. The molecule has 1 fully saturated rings. The molecule has 23 heavy (non-hydrogen) atoms. The zero-order valence-corrected chi connectivity index (χ0v) is 12.0. The molecule has 0 radical (unpaired) electrons. The van der Waals surface area contributed by atoms with Gasteiger partial charge < -0.3 is 5.32 Å². The Morgan fingerprint density at radius 2 is 2.17 bits per heavy atom. The molecule has 0 unspecified atom stereocenters. The molecule has 1 aliphatic carbocycles. The van der Waals surface area contributed by atoms with Gasteiger partial charge in [-0.25, -0.2) is 13.6 Å². The number of urea groups is 1. The molecule has 5 nitrogen and oxygen atoms in total. The van der Waals surface area contributed by atoms with E-state index in [0.29, 0.717) is 36.1 Å². The van der Waals surface area contributed by atoms with E-state index in [9.17, 15) is 13.6 Å². The van der Waals surface area contributed by atoms with Crippen LogP contribution in [0.1, 0.15) is 30.9 Å². The number of amides is 2. The maximum Gasteiger partial charge on any atom is 0.328 e. The molecule has 1 saturated heterocycles. The Bertz CT molecular complexity index is 818. The summed E-state index contributed by atoms with van der Waals surface area (Å²) in [5.41, 5.74) is 4.08. The zero-order chi connectivity index (χ0) is 16.6. The molecule has 116 valence electrons. The lowest BCUT2D eigenvalue weighted by Crippen LogP contribution is -2.41. The van der Waals surface area contributed by atoms with Crippen LogP contribution < -0.4 is 5.32 Å². The smallest absolute Gasteiger partial charge is 0.304 e. The standard InChI is InChI=1S/C16H12F2N4O/c17-12-2-1-10(7-13(12)18)14-3-4-15(20)22(14)16(23)21-11-5-9(6-11)8-19/h1-2,7,14,20H,3-5H2,(H,21,23)/t14-/m0/s1. The number of benzene rings is 1. The van der Waals surface area contributed by atoms with Gasteiger partial charge in [-0.1, -0.05) is 11.8 Å². The SMILES string of the molecule is N#CC1=C=C(NC(=O)N2C(=N)CC[C@H]2c2ccc(F)c(F)c2)C1. The number of rotatable bonds is 2. The highest BCUT2D eigenvalue weighted by molar-refractivity contribution is 5.98. The second-order valence-corrected chi connectivity index (χ2v) is 5.35. The number of nitrogens with one attached hydrogen (secondary N) is 2. The second kappa shape index (κ2) is 5.67. The third-order valence-corrected chi connectivity index (χ3v) is 3.85. The number of amidine groups is 1. The summed E-state index contributed by atoms with van der Waals surface area (Å²) >= 11 is 0. The molecular weight excluding hydrogens is 302 g/mol. The van der Waals surface area contributed by atoms with Crippen molar-refractivity contribution >= 4 is 11.9 Å². The fraction of sp³-hybridized carbons (Fsp3) is 0.250. The van der Waals surface area contributed by atoms with E-state index in [1.54, 1.807) is 0 Å². The lowest BCUT2D eigenvalue weighted by molar-refractivity contribution is 0.214. The first-order valence-electron chi connectivity index (χ1n) is 7.01. The maximum absolute atomic E-state index is 13.4. The van der Waals surface area contributed by atoms with Crippen LogP contribution in [0.3, 0.4) is 0 Å². The van der Waals surface area contributed by atoms with Gasteiger partial charge in [-0.05, 0) is 24.1 Å². The molecular formula is C16H12F2N4O. The summed E-state index contributed by atoms with van der Waals surface area (Å²) in [6, 6.07) is 4.37. The predicted octanol–water partition coefficient (Wildman–Crippen LogP) is 3.13. The highest BCUT2D eigenvalue weighted by Gasteiger charge is 2.35. The fourth-order valence-corrected chi connectivity index (χ4v) is 2.68. The van der Waals surface area contributed by atoms with Crippen molar-refractivity contribution in [3.63, 3.8) is 0 Å². The molecule has 2 aliphatic rings. The monoisotopic (exact) mass is 314 g/mol. The van der Waals surface area contributed by atoms with Gasteiger partial charge in [0, 0.05) is 12.8 Å². The van der Waals surface area contributed by atoms with Crippen molar-refractivity contribution in [2.24, 2.45) is 0 Å². The summed E-state index contributed by atoms with van der Waals surface area (Å²) in [5, 5.41) is 19.2. The van der Waals surface area contributed by atoms with E-state index in [4.69, 9.17) is 10.7 Å². The Labute approximate surface area is 131 Å². The Balaban J connectivity index is 1.83. The van der Waals surface area contributed by atoms with Crippen molar-refractivity contribution < 1.29 is 13.6 Å². The maximum atomic E-state index is 13.4. The van der Waals surface area contributed by atoms with Crippen molar-refractivity contribution in [2.45, 2.75) is 25.3 Å². The molecule has 0 spiro atoms. The molecule has 1 atom stereocenters. The van der Waals surface area contributed by atoms with Crippen LogP contribution >= 0.6 is 0 Å². The molecule has 1 heterocycles. The van der Waals surface area contributed by atoms with Gasteiger partial charge in [0.1, 0.15) is 11.9 Å². The van der Waals surface area contributed by atoms with Crippen LogP contribution in [-0.4, -0.2) is 16.8 Å². The van der Waals surface area contributed by atoms with Crippen LogP contribution in [-0.2, 0) is 0 Å². The van der Waals surface area contributed by atoms with E-state index >= 15 is 0 Å². The number of likely N-dealkylation sites (tertiary alicyclic amines) is 1. The number of halogens is 2. The van der Waals surface area contributed by atoms with Crippen LogP contribution in [0.2, 0.25) is 0 Å². The van der Waals surface area contributed by atoms with Crippen molar-refractivity contribution in [1.29, 1.82) is 10.7 Å². The third kappa shape index (κ3) is 2.72. The average Bonchev–Trinajstić information content (AvgIpc) is 2.87. The topological polar surface area (TPSA) is 80.0 Å². The Morgan fingerprint density at radius 3 is 2.83 bits per heavy atom. The molecule has 0 saturated carbocycles. The van der Waals surface area contributed by atoms with Crippen molar-refractivity contribution in [2.75, 3.05) is 0 Å². The van der Waals surface area contributed by atoms with Crippen LogP contribution in [0, 0.1) is 28.4 Å². The molecule has 0 aromatic heterocycles. The third-order valence-electron chi connectivity index (χ3n) is 3.85. The van der Waals surface area contributed by atoms with Crippen LogP contribution in [0.5, 0.6) is 0 Å². The number of nitriles is 1. The predicted molar refractivity (Wildman–Crippen MR) is 77.2 cm³/mol. The molecule has 3 rings (SSSR count). The molecule has 1 aromatic carbocycles. The minimum atomic E-state index is -0.982. The van der Waals surface area contributed by atoms with E-state index in [2.05, 4.69) is 11.0 Å². The first kappa shape index (κ1) is 14.9. The van der Waals surface area contributed by atoms with Gasteiger partial charge >= 0.3 is 6.03 Å². The molecule has 0 bridgehead atoms. The van der Waals surface area contributed by atoms with Gasteiger partial charge in [-0.15, -0.1) is 0 Å². The highest BCUT2D eigenvalue weighted by Crippen LogP contribution is 2.34. The molecule has 2 N–H and O–H groups in total. The summed E-state index contributed by atoms with van der Waals surface area (Å²) in [5.74, 6) is -1.82. The fourth-order valence-electron chi connectivity index (χ4n) is 2.68. The number of carbonyl (C=O) groups is 1. The first-order valence-corrected chi connectivity index (χ1v) is 7.01. The molecule has 1 aromatic rings. The Hall–Kier alpha value is -2.97. The van der Waals surface area contributed by atoms with Gasteiger partial charge in [0.05, 0.1) is 17.3 Å². The number of hydrogen-bond donors (Lipinski definition) is 2. The van der Waals surface area contributed by atoms with Crippen molar-refractivity contribution in [3.05, 3.63) is 52.4 Å². The average molecular weight is 314 g/mol. The lowest BCUT2D eigenvalue weighted by atomic mass is 10.0. The summed E-state index contributed by atoms with van der Waals surface area (Å²) in [6.45, 7) is 0. The van der Waals surface area contributed by atoms with Crippen LogP contribution in [0.4, 0.5) is 13.6 Å². The second-order valence-electron chi connectivity index (χ2n) is 5.35. The largest absolute Gasteiger partial charge is 0.328 e. The minimum Gasteiger partial charge on any atom is -0.304 e. The first-order chi connectivity index (χ1) is 11.0. The summed E-state index contributed by atoms with van der Waals surface area (Å²) in [7, 11) is 0. The Kier molecular flexibility index (Phi) is 3.68. The van der Waals surface area contributed by atoms with Gasteiger partial charge in [0.15, 0.2) is 11.6 Å². The van der Waals surface area contributed by atoms with Crippen LogP contribution in [0.25, 0.3) is 0 Å². The molecule has 2 amide bonds. The van der Waals surface area contributed by atoms with E-state index in [1.807, 2.05) is 6.07 Å². The van der Waals surface area contributed by atoms with E-state index in [1.165, 1.54) is 11.0 Å². The normalized spacial score (nSPS) is 19.6. The van der Waals surface area contributed by atoms with E-state index in [-0.39, 0.29) is 5.84 Å².